The van der Waals surface area contributed by atoms with Crippen LogP contribution in [-0.4, -0.2) is 33.8 Å². The van der Waals surface area contributed by atoms with Gasteiger partial charge in [-0.3, -0.25) is 0 Å². The van der Waals surface area contributed by atoms with Gasteiger partial charge in [-0.2, -0.15) is 0 Å². The molecule has 144 valence electrons. The lowest BCUT2D eigenvalue weighted by molar-refractivity contribution is 0.0242. The van der Waals surface area contributed by atoms with Crippen LogP contribution in [0.15, 0.2) is 41.3 Å². The van der Waals surface area contributed by atoms with Gasteiger partial charge in [-0.25, -0.2) is 13.1 Å². The van der Waals surface area contributed by atoms with Crippen LogP contribution in [0.1, 0.15) is 29.5 Å². The van der Waals surface area contributed by atoms with E-state index in [-0.39, 0.29) is 11.4 Å². The summed E-state index contributed by atoms with van der Waals surface area (Å²) >= 11 is 0. The standard InChI is InChI=1S/C20H23NO5S/c1-25-16-4-6-18-14(11-16)3-2-9-20(18,22)13-21-27(23,24)17-5-7-19-15(12-17)8-10-26-19/h4-7,11-12,21-22H,2-3,8-10,13H2,1H3/t20-/m0/s1. The SMILES string of the molecule is COc1ccc2c(c1)CCC[C@]2(O)CNS(=O)(=O)c1ccc2c(c1)CCO2. The molecule has 1 aliphatic heterocycles. The van der Waals surface area contributed by atoms with Gasteiger partial charge < -0.3 is 14.6 Å². The van der Waals surface area contributed by atoms with Gasteiger partial charge in [0.15, 0.2) is 0 Å². The lowest BCUT2D eigenvalue weighted by Crippen LogP contribution is -2.42. The third-order valence-electron chi connectivity index (χ3n) is 5.38. The summed E-state index contributed by atoms with van der Waals surface area (Å²) in [5.74, 6) is 1.47. The number of aliphatic hydroxyl groups is 1. The van der Waals surface area contributed by atoms with E-state index < -0.39 is 15.6 Å². The van der Waals surface area contributed by atoms with Crippen molar-refractivity contribution in [3.63, 3.8) is 0 Å². The molecule has 0 fully saturated rings. The summed E-state index contributed by atoms with van der Waals surface area (Å²) < 4.78 is 38.8. The summed E-state index contributed by atoms with van der Waals surface area (Å²) in [7, 11) is -2.12. The number of hydrogen-bond donors (Lipinski definition) is 2. The molecule has 4 rings (SSSR count). The van der Waals surface area contributed by atoms with Gasteiger partial charge in [0, 0.05) is 13.0 Å². The normalized spacial score (nSPS) is 21.3. The second-order valence-electron chi connectivity index (χ2n) is 7.10. The van der Waals surface area contributed by atoms with Gasteiger partial charge in [0.05, 0.1) is 18.6 Å². The van der Waals surface area contributed by atoms with Crippen LogP contribution in [0.25, 0.3) is 0 Å². The van der Waals surface area contributed by atoms with E-state index in [4.69, 9.17) is 9.47 Å². The molecular weight excluding hydrogens is 366 g/mol. The Hall–Kier alpha value is -2.09. The maximum absolute atomic E-state index is 12.7. The smallest absolute Gasteiger partial charge is 0.240 e. The van der Waals surface area contributed by atoms with Crippen molar-refractivity contribution in [1.82, 2.24) is 4.72 Å². The Labute approximate surface area is 159 Å². The van der Waals surface area contributed by atoms with Crippen molar-refractivity contribution in [2.45, 2.75) is 36.2 Å². The van der Waals surface area contributed by atoms with Gasteiger partial charge in [0.1, 0.15) is 17.1 Å². The zero-order valence-corrected chi connectivity index (χ0v) is 16.0. The molecule has 2 aromatic carbocycles. The summed E-state index contributed by atoms with van der Waals surface area (Å²) in [6.45, 7) is 0.508. The zero-order valence-electron chi connectivity index (χ0n) is 15.2. The average molecular weight is 389 g/mol. The quantitative estimate of drug-likeness (QED) is 0.818. The van der Waals surface area contributed by atoms with E-state index in [1.165, 1.54) is 6.07 Å². The van der Waals surface area contributed by atoms with Crippen LogP contribution in [0.3, 0.4) is 0 Å². The molecule has 2 aliphatic rings. The fraction of sp³-hybridized carbons (Fsp3) is 0.400. The molecule has 27 heavy (non-hydrogen) atoms. The third-order valence-corrected chi connectivity index (χ3v) is 6.78. The molecule has 0 saturated heterocycles. The van der Waals surface area contributed by atoms with Crippen molar-refractivity contribution >= 4 is 10.0 Å². The molecule has 1 atom stereocenters. The highest BCUT2D eigenvalue weighted by atomic mass is 32.2. The first-order chi connectivity index (χ1) is 12.9. The lowest BCUT2D eigenvalue weighted by Gasteiger charge is -2.34. The van der Waals surface area contributed by atoms with Gasteiger partial charge in [0.25, 0.3) is 0 Å². The molecule has 0 bridgehead atoms. The molecule has 1 heterocycles. The molecule has 0 spiro atoms. The van der Waals surface area contributed by atoms with Crippen molar-refractivity contribution in [3.8, 4) is 11.5 Å². The second-order valence-corrected chi connectivity index (χ2v) is 8.87. The molecule has 1 aliphatic carbocycles. The number of fused-ring (bicyclic) bond motifs is 2. The molecule has 2 N–H and O–H groups in total. The van der Waals surface area contributed by atoms with E-state index in [1.807, 2.05) is 12.1 Å². The first kappa shape index (κ1) is 18.3. The number of nitrogens with one attached hydrogen (secondary N) is 1. The minimum absolute atomic E-state index is 0.0672. The van der Waals surface area contributed by atoms with E-state index in [0.717, 1.165) is 41.0 Å². The predicted octanol–water partition coefficient (Wildman–Crippen LogP) is 2.13. The number of benzene rings is 2. The fourth-order valence-corrected chi connectivity index (χ4v) is 5.02. The van der Waals surface area contributed by atoms with Crippen LogP contribution in [-0.2, 0) is 28.5 Å². The Kier molecular flexibility index (Phi) is 4.61. The Morgan fingerprint density at radius 3 is 2.85 bits per heavy atom. The van der Waals surface area contributed by atoms with E-state index in [2.05, 4.69) is 4.72 Å². The number of sulfonamides is 1. The second kappa shape index (κ2) is 6.82. The molecule has 0 amide bonds. The van der Waals surface area contributed by atoms with Crippen molar-refractivity contribution in [1.29, 1.82) is 0 Å². The molecule has 2 aromatic rings. The summed E-state index contributed by atoms with van der Waals surface area (Å²) in [4.78, 5) is 0.195. The summed E-state index contributed by atoms with van der Waals surface area (Å²) in [5.41, 5.74) is 1.43. The van der Waals surface area contributed by atoms with Gasteiger partial charge in [-0.15, -0.1) is 0 Å². The van der Waals surface area contributed by atoms with E-state index in [1.54, 1.807) is 25.3 Å². The van der Waals surface area contributed by atoms with Crippen molar-refractivity contribution in [2.75, 3.05) is 20.3 Å². The highest BCUT2D eigenvalue weighted by molar-refractivity contribution is 7.89. The number of rotatable bonds is 5. The van der Waals surface area contributed by atoms with Crippen molar-refractivity contribution < 1.29 is 23.0 Å². The van der Waals surface area contributed by atoms with Gasteiger partial charge in [0.2, 0.25) is 10.0 Å². The monoisotopic (exact) mass is 389 g/mol. The van der Waals surface area contributed by atoms with E-state index >= 15 is 0 Å². The van der Waals surface area contributed by atoms with Crippen LogP contribution in [0, 0.1) is 0 Å². The lowest BCUT2D eigenvalue weighted by atomic mass is 9.79. The molecule has 7 heteroatoms. The van der Waals surface area contributed by atoms with Crippen molar-refractivity contribution in [2.24, 2.45) is 0 Å². The number of aryl methyl sites for hydroxylation is 1. The van der Waals surface area contributed by atoms with E-state index in [0.29, 0.717) is 19.4 Å². The van der Waals surface area contributed by atoms with Crippen LogP contribution >= 0.6 is 0 Å². The molecular formula is C20H23NO5S. The van der Waals surface area contributed by atoms with Gasteiger partial charge >= 0.3 is 0 Å². The van der Waals surface area contributed by atoms with Gasteiger partial charge in [-0.05, 0) is 66.3 Å². The molecule has 0 unspecified atom stereocenters. The first-order valence-corrected chi connectivity index (χ1v) is 10.5. The van der Waals surface area contributed by atoms with Crippen molar-refractivity contribution in [3.05, 3.63) is 53.1 Å². The number of methoxy groups -OCH3 is 1. The maximum atomic E-state index is 12.7. The Morgan fingerprint density at radius 1 is 1.19 bits per heavy atom. The number of ether oxygens (including phenoxy) is 2. The third kappa shape index (κ3) is 3.42. The zero-order chi connectivity index (χ0) is 19.1. The minimum Gasteiger partial charge on any atom is -0.497 e. The highest BCUT2D eigenvalue weighted by Gasteiger charge is 2.36. The Bertz CT molecular complexity index is 972. The van der Waals surface area contributed by atoms with Crippen LogP contribution in [0.5, 0.6) is 11.5 Å². The molecule has 0 saturated carbocycles. The molecule has 6 nitrogen and oxygen atoms in total. The molecule has 0 aromatic heterocycles. The fourth-order valence-electron chi connectivity index (χ4n) is 3.88. The van der Waals surface area contributed by atoms with Gasteiger partial charge in [-0.1, -0.05) is 6.07 Å². The summed E-state index contributed by atoms with van der Waals surface area (Å²) in [5, 5.41) is 11.2. The van der Waals surface area contributed by atoms with Crippen LogP contribution in [0.2, 0.25) is 0 Å². The van der Waals surface area contributed by atoms with E-state index in [9.17, 15) is 13.5 Å². The summed E-state index contributed by atoms with van der Waals surface area (Å²) in [6, 6.07) is 10.4. The minimum atomic E-state index is -3.72. The Morgan fingerprint density at radius 2 is 2.04 bits per heavy atom. The Balaban J connectivity index is 1.56. The number of hydrogen-bond acceptors (Lipinski definition) is 5. The first-order valence-electron chi connectivity index (χ1n) is 9.06. The largest absolute Gasteiger partial charge is 0.497 e. The molecule has 0 radical (unpaired) electrons. The van der Waals surface area contributed by atoms with Crippen LogP contribution in [0.4, 0.5) is 0 Å². The van der Waals surface area contributed by atoms with Crippen LogP contribution < -0.4 is 14.2 Å². The highest BCUT2D eigenvalue weighted by Crippen LogP contribution is 2.37. The summed E-state index contributed by atoms with van der Waals surface area (Å²) in [6.07, 6.45) is 2.84. The topological polar surface area (TPSA) is 84.9 Å². The maximum Gasteiger partial charge on any atom is 0.240 e. The predicted molar refractivity (Wildman–Crippen MR) is 101 cm³/mol. The average Bonchev–Trinajstić information content (AvgIpc) is 3.14.